The van der Waals surface area contributed by atoms with Crippen LogP contribution in [-0.2, 0) is 0 Å². The average Bonchev–Trinajstić information content (AvgIpc) is 2.35. The Labute approximate surface area is 99.0 Å². The fourth-order valence-corrected chi connectivity index (χ4v) is 1.19. The van der Waals surface area contributed by atoms with Crippen molar-refractivity contribution in [2.45, 2.75) is 6.92 Å². The van der Waals surface area contributed by atoms with Crippen molar-refractivity contribution in [3.05, 3.63) is 29.6 Å². The first kappa shape index (κ1) is 13.0. The third kappa shape index (κ3) is 3.45. The van der Waals surface area contributed by atoms with E-state index >= 15 is 0 Å². The van der Waals surface area contributed by atoms with Crippen LogP contribution < -0.4 is 10.1 Å². The summed E-state index contributed by atoms with van der Waals surface area (Å²) in [6.45, 7) is 1.96. The standard InChI is InChI=1S/C12H13FN2O2/c1-8(6-14)7-15-12(16)9-3-4-10(13)11(5-9)17-2/h3-5,8H,7H2,1-2H3,(H,15,16). The largest absolute Gasteiger partial charge is 0.494 e. The summed E-state index contributed by atoms with van der Waals surface area (Å²) in [4.78, 5) is 11.6. The Morgan fingerprint density at radius 2 is 2.35 bits per heavy atom. The van der Waals surface area contributed by atoms with Crippen LogP contribution in [0.15, 0.2) is 18.2 Å². The molecule has 1 aromatic carbocycles. The van der Waals surface area contributed by atoms with Gasteiger partial charge in [0.2, 0.25) is 0 Å². The number of hydrogen-bond donors (Lipinski definition) is 1. The molecule has 0 aliphatic heterocycles. The lowest BCUT2D eigenvalue weighted by atomic mass is 10.1. The van der Waals surface area contributed by atoms with Crippen molar-refractivity contribution in [1.29, 1.82) is 5.26 Å². The highest BCUT2D eigenvalue weighted by atomic mass is 19.1. The van der Waals surface area contributed by atoms with Gasteiger partial charge in [-0.1, -0.05) is 0 Å². The van der Waals surface area contributed by atoms with Gasteiger partial charge < -0.3 is 10.1 Å². The minimum atomic E-state index is -0.519. The maximum atomic E-state index is 13.1. The molecule has 1 aromatic rings. The lowest BCUT2D eigenvalue weighted by Crippen LogP contribution is -2.27. The predicted molar refractivity (Wildman–Crippen MR) is 60.1 cm³/mol. The van der Waals surface area contributed by atoms with E-state index in [1.165, 1.54) is 25.3 Å². The molecule has 0 fully saturated rings. The van der Waals surface area contributed by atoms with Gasteiger partial charge in [0.25, 0.3) is 5.91 Å². The number of carbonyl (C=O) groups is 1. The van der Waals surface area contributed by atoms with Crippen LogP contribution in [0, 0.1) is 23.1 Å². The van der Waals surface area contributed by atoms with E-state index in [2.05, 4.69) is 5.32 Å². The van der Waals surface area contributed by atoms with Gasteiger partial charge in [0, 0.05) is 12.1 Å². The predicted octanol–water partition coefficient (Wildman–Crippen LogP) is 1.72. The fourth-order valence-electron chi connectivity index (χ4n) is 1.19. The molecule has 90 valence electrons. The van der Waals surface area contributed by atoms with Gasteiger partial charge in [-0.05, 0) is 25.1 Å². The number of halogens is 1. The molecule has 5 heteroatoms. The summed E-state index contributed by atoms with van der Waals surface area (Å²) in [6.07, 6.45) is 0. The maximum Gasteiger partial charge on any atom is 0.251 e. The van der Waals surface area contributed by atoms with Crippen LogP contribution in [0.2, 0.25) is 0 Å². The maximum absolute atomic E-state index is 13.1. The van der Waals surface area contributed by atoms with Gasteiger partial charge in [-0.15, -0.1) is 0 Å². The summed E-state index contributed by atoms with van der Waals surface area (Å²) in [5, 5.41) is 11.1. The van der Waals surface area contributed by atoms with Gasteiger partial charge in [-0.3, -0.25) is 4.79 Å². The smallest absolute Gasteiger partial charge is 0.251 e. The second-order valence-electron chi connectivity index (χ2n) is 3.59. The Balaban J connectivity index is 2.73. The molecule has 0 saturated carbocycles. The fraction of sp³-hybridized carbons (Fsp3) is 0.333. The first-order valence-electron chi connectivity index (χ1n) is 5.09. The van der Waals surface area contributed by atoms with E-state index in [0.29, 0.717) is 5.56 Å². The average molecular weight is 236 g/mol. The zero-order valence-electron chi connectivity index (χ0n) is 9.66. The number of nitrogens with zero attached hydrogens (tertiary/aromatic N) is 1. The van der Waals surface area contributed by atoms with Crippen molar-refractivity contribution in [2.75, 3.05) is 13.7 Å². The van der Waals surface area contributed by atoms with Crippen molar-refractivity contribution in [3.8, 4) is 11.8 Å². The molecule has 0 heterocycles. The van der Waals surface area contributed by atoms with E-state index in [4.69, 9.17) is 10.00 Å². The zero-order valence-corrected chi connectivity index (χ0v) is 9.66. The Morgan fingerprint density at radius 1 is 1.65 bits per heavy atom. The molecule has 0 aliphatic rings. The van der Waals surface area contributed by atoms with Crippen molar-refractivity contribution in [3.63, 3.8) is 0 Å². The molecule has 0 bridgehead atoms. The van der Waals surface area contributed by atoms with Crippen molar-refractivity contribution in [1.82, 2.24) is 5.32 Å². The molecule has 1 atom stereocenters. The number of nitrogens with one attached hydrogen (secondary N) is 1. The first-order valence-corrected chi connectivity index (χ1v) is 5.09. The lowest BCUT2D eigenvalue weighted by Gasteiger charge is -2.08. The van der Waals surface area contributed by atoms with Gasteiger partial charge in [0.1, 0.15) is 0 Å². The highest BCUT2D eigenvalue weighted by Crippen LogP contribution is 2.18. The van der Waals surface area contributed by atoms with Crippen LogP contribution in [0.1, 0.15) is 17.3 Å². The van der Waals surface area contributed by atoms with Crippen LogP contribution in [0.4, 0.5) is 4.39 Å². The third-order valence-corrected chi connectivity index (χ3v) is 2.20. The number of ether oxygens (including phenoxy) is 1. The molecule has 0 saturated heterocycles. The summed E-state index contributed by atoms with van der Waals surface area (Å²) in [6, 6.07) is 5.86. The molecule has 1 amide bonds. The third-order valence-electron chi connectivity index (χ3n) is 2.20. The quantitative estimate of drug-likeness (QED) is 0.865. The Hall–Kier alpha value is -2.09. The van der Waals surface area contributed by atoms with E-state index < -0.39 is 5.82 Å². The molecule has 0 aliphatic carbocycles. The van der Waals surface area contributed by atoms with Crippen molar-refractivity contribution < 1.29 is 13.9 Å². The molecule has 0 aromatic heterocycles. The Bertz CT molecular complexity index is 454. The summed E-state index contributed by atoms with van der Waals surface area (Å²) >= 11 is 0. The number of methoxy groups -OCH3 is 1. The molecule has 4 nitrogen and oxygen atoms in total. The Morgan fingerprint density at radius 3 is 2.94 bits per heavy atom. The Kier molecular flexibility index (Phi) is 4.46. The molecule has 1 rings (SSSR count). The normalized spacial score (nSPS) is 11.4. The second-order valence-corrected chi connectivity index (χ2v) is 3.59. The lowest BCUT2D eigenvalue weighted by molar-refractivity contribution is 0.0950. The van der Waals surface area contributed by atoms with Crippen LogP contribution >= 0.6 is 0 Å². The molecular weight excluding hydrogens is 223 g/mol. The number of carbonyl (C=O) groups excluding carboxylic acids is 1. The van der Waals surface area contributed by atoms with E-state index in [1.54, 1.807) is 6.92 Å². The molecule has 1 N–H and O–H groups in total. The number of rotatable bonds is 4. The van der Waals surface area contributed by atoms with Gasteiger partial charge in [-0.2, -0.15) is 5.26 Å². The van der Waals surface area contributed by atoms with Crippen molar-refractivity contribution >= 4 is 5.91 Å². The molecule has 0 radical (unpaired) electrons. The summed E-state index contributed by atoms with van der Waals surface area (Å²) in [5.41, 5.74) is 0.299. The van der Waals surface area contributed by atoms with Crippen LogP contribution in [-0.4, -0.2) is 19.6 Å². The molecule has 17 heavy (non-hydrogen) atoms. The highest BCUT2D eigenvalue weighted by molar-refractivity contribution is 5.94. The van der Waals surface area contributed by atoms with Gasteiger partial charge in [-0.25, -0.2) is 4.39 Å². The van der Waals surface area contributed by atoms with Gasteiger partial charge in [0.15, 0.2) is 11.6 Å². The minimum Gasteiger partial charge on any atom is -0.494 e. The van der Waals surface area contributed by atoms with Crippen LogP contribution in [0.5, 0.6) is 5.75 Å². The topological polar surface area (TPSA) is 62.1 Å². The van der Waals surface area contributed by atoms with E-state index in [0.717, 1.165) is 0 Å². The summed E-state index contributed by atoms with van der Waals surface area (Å²) in [7, 11) is 1.33. The van der Waals surface area contributed by atoms with E-state index in [-0.39, 0.29) is 24.1 Å². The zero-order chi connectivity index (χ0) is 12.8. The van der Waals surface area contributed by atoms with Crippen LogP contribution in [0.25, 0.3) is 0 Å². The van der Waals surface area contributed by atoms with E-state index in [1.807, 2.05) is 6.07 Å². The minimum absolute atomic E-state index is 0.0194. The van der Waals surface area contributed by atoms with Gasteiger partial charge >= 0.3 is 0 Å². The molecule has 0 spiro atoms. The summed E-state index contributed by atoms with van der Waals surface area (Å²) in [5.74, 6) is -1.12. The SMILES string of the molecule is COc1cc(C(=O)NCC(C)C#N)ccc1F. The molecule has 1 unspecified atom stereocenters. The van der Waals surface area contributed by atoms with E-state index in [9.17, 15) is 9.18 Å². The van der Waals surface area contributed by atoms with Crippen LogP contribution in [0.3, 0.4) is 0 Å². The van der Waals surface area contributed by atoms with Gasteiger partial charge in [0.05, 0.1) is 19.1 Å². The molecular formula is C12H13FN2O2. The second kappa shape index (κ2) is 5.85. The number of benzene rings is 1. The number of amides is 1. The monoisotopic (exact) mass is 236 g/mol. The first-order chi connectivity index (χ1) is 8.08. The highest BCUT2D eigenvalue weighted by Gasteiger charge is 2.10. The van der Waals surface area contributed by atoms with Crippen molar-refractivity contribution in [2.24, 2.45) is 5.92 Å². The number of nitriles is 1. The summed E-state index contributed by atoms with van der Waals surface area (Å²) < 4.78 is 17.9. The number of hydrogen-bond acceptors (Lipinski definition) is 3.